The van der Waals surface area contributed by atoms with E-state index in [0.29, 0.717) is 11.6 Å². The fraction of sp³-hybridized carbons (Fsp3) is 0. The van der Waals surface area contributed by atoms with Gasteiger partial charge in [0, 0.05) is 31.3 Å². The number of aromatic nitrogens is 3. The summed E-state index contributed by atoms with van der Waals surface area (Å²) in [7, 11) is 0. The molecule has 0 aliphatic rings. The average molecular weight is 602 g/mol. The Kier molecular flexibility index (Phi) is 6.71. The highest BCUT2D eigenvalue weighted by molar-refractivity contribution is 7.26. The smallest absolute Gasteiger partial charge is 0.208 e. The van der Waals surface area contributed by atoms with Crippen LogP contribution in [0.5, 0.6) is 0 Å². The van der Waals surface area contributed by atoms with E-state index in [2.05, 4.69) is 125 Å². The first-order chi connectivity index (χ1) is 21.7. The lowest BCUT2D eigenvalue weighted by molar-refractivity contribution is 1.07. The van der Waals surface area contributed by atoms with Gasteiger partial charge in [-0.05, 0) is 63.2 Å². The van der Waals surface area contributed by atoms with Crippen LogP contribution in [0.25, 0.3) is 76.3 Å². The summed E-state index contributed by atoms with van der Waals surface area (Å²) in [4.78, 5) is 13.8. The van der Waals surface area contributed by atoms with Gasteiger partial charge >= 0.3 is 0 Å². The van der Waals surface area contributed by atoms with E-state index in [1.54, 1.807) is 11.3 Å². The second-order valence-electron chi connectivity index (χ2n) is 10.6. The molecule has 208 valence electrons. The van der Waals surface area contributed by atoms with E-state index in [4.69, 9.17) is 16.6 Å². The highest BCUT2D eigenvalue weighted by atomic mass is 35.5. The largest absolute Gasteiger partial charge is 0.226 e. The number of rotatable bonds is 5. The first-order valence-corrected chi connectivity index (χ1v) is 15.6. The fourth-order valence-corrected chi connectivity index (χ4v) is 7.22. The molecule has 0 fully saturated rings. The van der Waals surface area contributed by atoms with Gasteiger partial charge in [-0.2, -0.15) is 9.97 Å². The molecule has 44 heavy (non-hydrogen) atoms. The van der Waals surface area contributed by atoms with Crippen LogP contribution in [-0.2, 0) is 0 Å². The summed E-state index contributed by atoms with van der Waals surface area (Å²) in [6, 6.07) is 50.9. The molecule has 0 aliphatic heterocycles. The Morgan fingerprint density at radius 3 is 1.77 bits per heavy atom. The van der Waals surface area contributed by atoms with Gasteiger partial charge in [0.05, 0.1) is 0 Å². The van der Waals surface area contributed by atoms with Crippen molar-refractivity contribution in [1.29, 1.82) is 0 Å². The van der Waals surface area contributed by atoms with Crippen LogP contribution in [0.15, 0.2) is 146 Å². The van der Waals surface area contributed by atoms with Gasteiger partial charge in [0.25, 0.3) is 0 Å². The summed E-state index contributed by atoms with van der Waals surface area (Å²) < 4.78 is 2.34. The molecule has 0 unspecified atom stereocenters. The Labute approximate surface area is 264 Å². The highest BCUT2D eigenvalue weighted by Gasteiger charge is 2.16. The molecule has 0 spiro atoms. The van der Waals surface area contributed by atoms with Gasteiger partial charge in [0.2, 0.25) is 5.28 Å². The van der Waals surface area contributed by atoms with Gasteiger partial charge in [-0.3, -0.25) is 0 Å². The monoisotopic (exact) mass is 601 g/mol. The zero-order valence-electron chi connectivity index (χ0n) is 23.5. The Hall–Kier alpha value is -5.16. The molecule has 3 nitrogen and oxygen atoms in total. The van der Waals surface area contributed by atoms with Crippen molar-refractivity contribution in [1.82, 2.24) is 15.0 Å². The van der Waals surface area contributed by atoms with E-state index >= 15 is 0 Å². The lowest BCUT2D eigenvalue weighted by atomic mass is 9.92. The van der Waals surface area contributed by atoms with Crippen LogP contribution in [0.1, 0.15) is 0 Å². The first-order valence-electron chi connectivity index (χ1n) is 14.4. The zero-order valence-corrected chi connectivity index (χ0v) is 25.1. The number of benzene rings is 6. The Bertz CT molecular complexity index is 2300. The van der Waals surface area contributed by atoms with E-state index < -0.39 is 0 Å². The van der Waals surface area contributed by atoms with Crippen LogP contribution >= 0.6 is 22.9 Å². The second-order valence-corrected chi connectivity index (χ2v) is 12.0. The summed E-state index contributed by atoms with van der Waals surface area (Å²) >= 11 is 8.18. The molecule has 0 saturated heterocycles. The second kappa shape index (κ2) is 11.2. The number of hydrogen-bond acceptors (Lipinski definition) is 4. The number of halogens is 1. The third-order valence-electron chi connectivity index (χ3n) is 7.90. The van der Waals surface area contributed by atoms with Crippen LogP contribution in [0, 0.1) is 0 Å². The lowest BCUT2D eigenvalue weighted by Crippen LogP contribution is -1.97. The van der Waals surface area contributed by atoms with Gasteiger partial charge in [0.15, 0.2) is 11.6 Å². The normalized spacial score (nSPS) is 11.3. The maximum Gasteiger partial charge on any atom is 0.226 e. The number of hydrogen-bond donors (Lipinski definition) is 0. The third-order valence-corrected chi connectivity index (χ3v) is 9.27. The zero-order chi connectivity index (χ0) is 29.5. The predicted molar refractivity (Wildman–Crippen MR) is 185 cm³/mol. The molecule has 2 aromatic heterocycles. The Morgan fingerprint density at radius 1 is 0.409 bits per heavy atom. The standard InChI is InChI=1S/C39H24ClN3S/c40-39-42-37(26-13-5-2-6-14-26)41-38(43-39)34-20-10-19-33-32-22-21-29(24-35(32)44-36(33)34)31-18-8-7-17-30(31)28-16-9-15-27(23-28)25-11-3-1-4-12-25/h1-24H. The van der Waals surface area contributed by atoms with E-state index in [1.807, 2.05) is 30.3 Å². The van der Waals surface area contributed by atoms with Crippen molar-refractivity contribution in [2.24, 2.45) is 0 Å². The van der Waals surface area contributed by atoms with E-state index in [1.165, 1.54) is 48.9 Å². The molecule has 6 aromatic carbocycles. The average Bonchev–Trinajstić information content (AvgIpc) is 3.47. The van der Waals surface area contributed by atoms with E-state index in [9.17, 15) is 0 Å². The topological polar surface area (TPSA) is 38.7 Å². The molecule has 2 heterocycles. The highest BCUT2D eigenvalue weighted by Crippen LogP contribution is 2.42. The van der Waals surface area contributed by atoms with Crippen molar-refractivity contribution in [3.8, 4) is 56.2 Å². The van der Waals surface area contributed by atoms with Crippen molar-refractivity contribution in [2.75, 3.05) is 0 Å². The SMILES string of the molecule is Clc1nc(-c2ccccc2)nc(-c2cccc3c2sc2cc(-c4ccccc4-c4cccc(-c5ccccc5)c4)ccc23)n1. The lowest BCUT2D eigenvalue weighted by Gasteiger charge is -2.12. The van der Waals surface area contributed by atoms with Crippen LogP contribution < -0.4 is 0 Å². The minimum absolute atomic E-state index is 0.183. The maximum atomic E-state index is 6.42. The minimum Gasteiger partial charge on any atom is -0.208 e. The molecule has 0 radical (unpaired) electrons. The number of nitrogens with zero attached hydrogens (tertiary/aromatic N) is 3. The molecule has 0 amide bonds. The molecule has 0 N–H and O–H groups in total. The van der Waals surface area contributed by atoms with Crippen molar-refractivity contribution >= 4 is 43.1 Å². The van der Waals surface area contributed by atoms with Gasteiger partial charge in [-0.1, -0.05) is 127 Å². The van der Waals surface area contributed by atoms with Crippen LogP contribution in [0.4, 0.5) is 0 Å². The van der Waals surface area contributed by atoms with Crippen molar-refractivity contribution in [3.63, 3.8) is 0 Å². The van der Waals surface area contributed by atoms with Gasteiger partial charge in [0.1, 0.15) is 0 Å². The summed E-state index contributed by atoms with van der Waals surface area (Å²) in [6.07, 6.45) is 0. The van der Waals surface area contributed by atoms with Crippen molar-refractivity contribution in [3.05, 3.63) is 151 Å². The number of fused-ring (bicyclic) bond motifs is 3. The summed E-state index contributed by atoms with van der Waals surface area (Å²) in [6.45, 7) is 0. The van der Waals surface area contributed by atoms with Gasteiger partial charge < -0.3 is 0 Å². The Morgan fingerprint density at radius 2 is 1.00 bits per heavy atom. The quantitative estimate of drug-likeness (QED) is 0.197. The Balaban J connectivity index is 1.23. The third kappa shape index (κ3) is 4.84. The van der Waals surface area contributed by atoms with Crippen LogP contribution in [0.2, 0.25) is 5.28 Å². The van der Waals surface area contributed by atoms with Crippen LogP contribution in [-0.4, -0.2) is 15.0 Å². The molecule has 8 rings (SSSR count). The summed E-state index contributed by atoms with van der Waals surface area (Å²) in [5, 5.41) is 2.57. The van der Waals surface area contributed by atoms with Gasteiger partial charge in [-0.15, -0.1) is 11.3 Å². The van der Waals surface area contributed by atoms with E-state index in [0.717, 1.165) is 15.8 Å². The molecule has 0 aliphatic carbocycles. The summed E-state index contributed by atoms with van der Waals surface area (Å²) in [5.41, 5.74) is 9.06. The predicted octanol–water partition coefficient (Wildman–Crippen LogP) is 11.2. The minimum atomic E-state index is 0.183. The molecule has 5 heteroatoms. The molecule has 0 atom stereocenters. The molecular weight excluding hydrogens is 578 g/mol. The maximum absolute atomic E-state index is 6.42. The molecule has 0 saturated carbocycles. The van der Waals surface area contributed by atoms with Crippen molar-refractivity contribution in [2.45, 2.75) is 0 Å². The van der Waals surface area contributed by atoms with E-state index in [-0.39, 0.29) is 5.28 Å². The molecule has 8 aromatic rings. The first kappa shape index (κ1) is 26.5. The van der Waals surface area contributed by atoms with Gasteiger partial charge in [-0.25, -0.2) is 4.98 Å². The fourth-order valence-electron chi connectivity index (χ4n) is 5.81. The number of thiophene rings is 1. The molecular formula is C39H24ClN3S. The summed E-state index contributed by atoms with van der Waals surface area (Å²) in [5.74, 6) is 1.14. The van der Waals surface area contributed by atoms with Crippen molar-refractivity contribution < 1.29 is 0 Å². The van der Waals surface area contributed by atoms with Crippen LogP contribution in [0.3, 0.4) is 0 Å². The molecule has 0 bridgehead atoms.